The minimum atomic E-state index is -0.891. The summed E-state index contributed by atoms with van der Waals surface area (Å²) < 4.78 is 0. The Labute approximate surface area is 180 Å². The number of rotatable bonds is 14. The van der Waals surface area contributed by atoms with Crippen molar-refractivity contribution in [3.05, 3.63) is 12.2 Å². The zero-order valence-electron chi connectivity index (χ0n) is 18.0. The van der Waals surface area contributed by atoms with Crippen molar-refractivity contribution in [2.75, 3.05) is 0 Å². The van der Waals surface area contributed by atoms with E-state index in [1.807, 2.05) is 0 Å². The third kappa shape index (κ3) is 58.5. The van der Waals surface area contributed by atoms with Crippen LogP contribution in [-0.2, 0) is 14.4 Å². The van der Waals surface area contributed by atoms with Crippen molar-refractivity contribution < 1.29 is 29.7 Å². The minimum Gasteiger partial charge on any atom is -0.481 e. The molecule has 0 amide bonds. The van der Waals surface area contributed by atoms with E-state index in [0.717, 1.165) is 31.8 Å². The van der Waals surface area contributed by atoms with Crippen LogP contribution in [0.15, 0.2) is 12.2 Å². The SMILES string of the molecule is C.C/C=C/C(=O)O.CCCCCCCC(=O)O.CCCCCCCCC(=O)O.[B]. The van der Waals surface area contributed by atoms with Gasteiger partial charge in [-0.05, 0) is 19.8 Å². The molecule has 171 valence electrons. The largest absolute Gasteiger partial charge is 0.481 e. The maximum absolute atomic E-state index is 10.1. The Balaban J connectivity index is -0.0000000997. The Morgan fingerprint density at radius 1 is 0.655 bits per heavy atom. The van der Waals surface area contributed by atoms with Crippen LogP contribution in [-0.4, -0.2) is 41.6 Å². The van der Waals surface area contributed by atoms with Gasteiger partial charge in [-0.3, -0.25) is 9.59 Å². The van der Waals surface area contributed by atoms with Crippen LogP contribution in [0.2, 0.25) is 0 Å². The molecule has 0 aromatic rings. The van der Waals surface area contributed by atoms with Crippen LogP contribution in [0.1, 0.15) is 112 Å². The molecule has 0 rings (SSSR count). The lowest BCUT2D eigenvalue weighted by Crippen LogP contribution is -1.93. The van der Waals surface area contributed by atoms with Gasteiger partial charge in [-0.1, -0.05) is 85.1 Å². The van der Waals surface area contributed by atoms with Gasteiger partial charge >= 0.3 is 17.9 Å². The maximum atomic E-state index is 10.1. The molecule has 0 aromatic carbocycles. The van der Waals surface area contributed by atoms with E-state index in [0.29, 0.717) is 12.8 Å². The second-order valence-electron chi connectivity index (χ2n) is 6.31. The highest BCUT2D eigenvalue weighted by molar-refractivity contribution is 5.79. The molecule has 0 heterocycles. The second-order valence-corrected chi connectivity index (χ2v) is 6.31. The van der Waals surface area contributed by atoms with Crippen LogP contribution in [0.3, 0.4) is 0 Å². The topological polar surface area (TPSA) is 112 Å². The molecule has 0 atom stereocenters. The molecular formula is C22H44BO6. The van der Waals surface area contributed by atoms with Crippen LogP contribution < -0.4 is 0 Å². The molecule has 0 aliphatic carbocycles. The van der Waals surface area contributed by atoms with Gasteiger partial charge in [0.05, 0.1) is 0 Å². The number of allylic oxidation sites excluding steroid dienone is 1. The third-order valence-corrected chi connectivity index (χ3v) is 3.55. The van der Waals surface area contributed by atoms with E-state index in [-0.39, 0.29) is 15.8 Å². The van der Waals surface area contributed by atoms with Gasteiger partial charge in [-0.2, -0.15) is 0 Å². The van der Waals surface area contributed by atoms with E-state index >= 15 is 0 Å². The summed E-state index contributed by atoms with van der Waals surface area (Å²) in [7, 11) is 0. The summed E-state index contributed by atoms with van der Waals surface area (Å²) in [5.74, 6) is -2.23. The number of hydrogen-bond donors (Lipinski definition) is 3. The van der Waals surface area contributed by atoms with Gasteiger partial charge in [-0.15, -0.1) is 0 Å². The monoisotopic (exact) mass is 415 g/mol. The van der Waals surface area contributed by atoms with Crippen LogP contribution in [0.4, 0.5) is 0 Å². The van der Waals surface area contributed by atoms with Crippen molar-refractivity contribution in [3.63, 3.8) is 0 Å². The quantitative estimate of drug-likeness (QED) is 0.178. The maximum Gasteiger partial charge on any atom is 0.327 e. The van der Waals surface area contributed by atoms with Crippen LogP contribution in [0.25, 0.3) is 0 Å². The van der Waals surface area contributed by atoms with Crippen LogP contribution in [0, 0.1) is 0 Å². The first-order chi connectivity index (χ1) is 12.8. The fraction of sp³-hybridized carbons (Fsp3) is 0.773. The van der Waals surface area contributed by atoms with Gasteiger partial charge in [0, 0.05) is 27.3 Å². The van der Waals surface area contributed by atoms with E-state index in [9.17, 15) is 14.4 Å². The molecule has 0 unspecified atom stereocenters. The fourth-order valence-electron chi connectivity index (χ4n) is 2.08. The Morgan fingerprint density at radius 2 is 0.966 bits per heavy atom. The Kier molecular flexibility index (Phi) is 44.1. The molecule has 0 aromatic heterocycles. The minimum absolute atomic E-state index is 0. The van der Waals surface area contributed by atoms with Gasteiger partial charge < -0.3 is 15.3 Å². The average molecular weight is 415 g/mol. The zero-order chi connectivity index (χ0) is 21.3. The lowest BCUT2D eigenvalue weighted by atomic mass is 10.1. The molecule has 3 N–H and O–H groups in total. The Bertz CT molecular complexity index is 383. The number of hydrogen-bond acceptors (Lipinski definition) is 3. The number of unbranched alkanes of at least 4 members (excludes halogenated alkanes) is 9. The predicted molar refractivity (Wildman–Crippen MR) is 122 cm³/mol. The van der Waals surface area contributed by atoms with Crippen molar-refractivity contribution in [2.24, 2.45) is 0 Å². The van der Waals surface area contributed by atoms with Crippen LogP contribution in [0.5, 0.6) is 0 Å². The summed E-state index contributed by atoms with van der Waals surface area (Å²) in [5.41, 5.74) is 0. The summed E-state index contributed by atoms with van der Waals surface area (Å²) in [4.78, 5) is 29.6. The Hall–Kier alpha value is -1.79. The first-order valence-electron chi connectivity index (χ1n) is 10.1. The molecule has 7 heteroatoms. The van der Waals surface area contributed by atoms with E-state index in [1.54, 1.807) is 6.92 Å². The summed E-state index contributed by atoms with van der Waals surface area (Å²) in [6.07, 6.45) is 15.7. The molecule has 29 heavy (non-hydrogen) atoms. The van der Waals surface area contributed by atoms with E-state index < -0.39 is 17.9 Å². The van der Waals surface area contributed by atoms with Crippen molar-refractivity contribution in [1.29, 1.82) is 0 Å². The fourth-order valence-corrected chi connectivity index (χ4v) is 2.08. The van der Waals surface area contributed by atoms with Gasteiger partial charge in [0.25, 0.3) is 0 Å². The van der Waals surface area contributed by atoms with E-state index in [2.05, 4.69) is 13.8 Å². The molecule has 3 radical (unpaired) electrons. The first-order valence-corrected chi connectivity index (χ1v) is 10.1. The Morgan fingerprint density at radius 3 is 1.17 bits per heavy atom. The third-order valence-electron chi connectivity index (χ3n) is 3.55. The number of carbonyl (C=O) groups is 3. The van der Waals surface area contributed by atoms with Crippen LogP contribution >= 0.6 is 0 Å². The highest BCUT2D eigenvalue weighted by Crippen LogP contribution is 2.06. The average Bonchev–Trinajstić information content (AvgIpc) is 2.58. The van der Waals surface area contributed by atoms with Gasteiger partial charge in [0.15, 0.2) is 0 Å². The predicted octanol–water partition coefficient (Wildman–Crippen LogP) is 6.16. The smallest absolute Gasteiger partial charge is 0.327 e. The van der Waals surface area contributed by atoms with Gasteiger partial charge in [0.2, 0.25) is 0 Å². The molecule has 0 saturated heterocycles. The molecule has 6 nitrogen and oxygen atoms in total. The summed E-state index contributed by atoms with van der Waals surface area (Å²) in [6, 6.07) is 0. The van der Waals surface area contributed by atoms with Gasteiger partial charge in [-0.25, -0.2) is 4.79 Å². The van der Waals surface area contributed by atoms with Crippen molar-refractivity contribution in [2.45, 2.75) is 112 Å². The number of carboxylic acids is 3. The van der Waals surface area contributed by atoms with Crippen molar-refractivity contribution in [3.8, 4) is 0 Å². The molecule has 0 spiro atoms. The van der Waals surface area contributed by atoms with Crippen molar-refractivity contribution in [1.82, 2.24) is 0 Å². The highest BCUT2D eigenvalue weighted by Gasteiger charge is 1.95. The summed E-state index contributed by atoms with van der Waals surface area (Å²) in [5, 5.41) is 24.4. The van der Waals surface area contributed by atoms with E-state index in [1.165, 1.54) is 51.0 Å². The molecular weight excluding hydrogens is 371 g/mol. The lowest BCUT2D eigenvalue weighted by molar-refractivity contribution is -0.138. The van der Waals surface area contributed by atoms with Gasteiger partial charge in [0.1, 0.15) is 0 Å². The molecule has 0 saturated carbocycles. The highest BCUT2D eigenvalue weighted by atomic mass is 16.4. The zero-order valence-corrected chi connectivity index (χ0v) is 18.0. The van der Waals surface area contributed by atoms with Crippen molar-refractivity contribution >= 4 is 26.3 Å². The molecule has 0 aliphatic rings. The second kappa shape index (κ2) is 33.8. The summed E-state index contributed by atoms with van der Waals surface area (Å²) in [6.45, 7) is 5.99. The summed E-state index contributed by atoms with van der Waals surface area (Å²) >= 11 is 0. The first kappa shape index (κ1) is 37.9. The normalized spacial score (nSPS) is 9.07. The molecule has 0 fully saturated rings. The van der Waals surface area contributed by atoms with E-state index in [4.69, 9.17) is 15.3 Å². The number of aliphatic carboxylic acids is 3. The molecule has 0 aliphatic heterocycles. The molecule has 0 bridgehead atoms. The standard InChI is InChI=1S/C9H18O2.C8H16O2.C4H6O2.CH4.B/c1-2-3-4-5-6-7-8-9(10)11;1-2-3-4-5-6-7-8(9)10;1-2-3-4(5)6;;/h2-8H2,1H3,(H,10,11);2-7H2,1H3,(H,9,10);2-3H,1H3,(H,5,6);1H4;/b;;3-2+;;. The lowest BCUT2D eigenvalue weighted by Gasteiger charge is -1.97. The number of carboxylic acid groups (broad SMARTS) is 3.